The molecule has 1 saturated heterocycles. The van der Waals surface area contributed by atoms with E-state index in [1.54, 1.807) is 19.2 Å². The lowest BCUT2D eigenvalue weighted by atomic mass is 10.1. The summed E-state index contributed by atoms with van der Waals surface area (Å²) in [5.74, 6) is -1.20. The van der Waals surface area contributed by atoms with E-state index in [1.165, 1.54) is 17.0 Å². The van der Waals surface area contributed by atoms with E-state index in [9.17, 15) is 14.4 Å². The first-order chi connectivity index (χ1) is 9.47. The summed E-state index contributed by atoms with van der Waals surface area (Å²) in [7, 11) is 1.66. The first-order valence-electron chi connectivity index (χ1n) is 6.34. The van der Waals surface area contributed by atoms with Crippen molar-refractivity contribution in [2.75, 3.05) is 7.05 Å². The third-order valence-electron chi connectivity index (χ3n) is 3.29. The molecule has 20 heavy (non-hydrogen) atoms. The number of nitrogens with zero attached hydrogens (tertiary/aromatic N) is 1. The molecule has 1 heterocycles. The van der Waals surface area contributed by atoms with E-state index in [-0.39, 0.29) is 17.4 Å². The molecule has 0 radical (unpaired) electrons. The molecule has 1 aliphatic rings. The van der Waals surface area contributed by atoms with Gasteiger partial charge in [-0.1, -0.05) is 12.1 Å². The minimum Gasteiger partial charge on any atom is -0.478 e. The van der Waals surface area contributed by atoms with Crippen molar-refractivity contribution in [1.82, 2.24) is 10.2 Å². The molecule has 0 aliphatic carbocycles. The Kier molecular flexibility index (Phi) is 4.02. The number of carbonyl (C=O) groups excluding carboxylic acids is 2. The minimum absolute atomic E-state index is 0.0949. The third-order valence-corrected chi connectivity index (χ3v) is 3.29. The van der Waals surface area contributed by atoms with E-state index in [2.05, 4.69) is 5.32 Å². The quantitative estimate of drug-likeness (QED) is 0.844. The van der Waals surface area contributed by atoms with Gasteiger partial charge in [-0.05, 0) is 24.1 Å². The van der Waals surface area contributed by atoms with E-state index in [0.717, 1.165) is 5.56 Å². The number of nitrogens with one attached hydrogen (secondary N) is 1. The first kappa shape index (κ1) is 14.0. The van der Waals surface area contributed by atoms with Gasteiger partial charge in [0.25, 0.3) is 0 Å². The maximum atomic E-state index is 12.1. The summed E-state index contributed by atoms with van der Waals surface area (Å²) >= 11 is 0. The van der Waals surface area contributed by atoms with Crippen LogP contribution in [0.5, 0.6) is 0 Å². The molecule has 0 spiro atoms. The molecule has 2 amide bonds. The molecule has 6 heteroatoms. The number of rotatable bonds is 4. The maximum absolute atomic E-state index is 12.1. The molecule has 1 aromatic rings. The lowest BCUT2D eigenvalue weighted by Gasteiger charge is -2.21. The fraction of sp³-hybridized carbons (Fsp3) is 0.357. The van der Waals surface area contributed by atoms with Crippen molar-refractivity contribution in [2.24, 2.45) is 0 Å². The highest BCUT2D eigenvalue weighted by Gasteiger charge is 2.29. The smallest absolute Gasteiger partial charge is 0.335 e. The SMILES string of the molecule is CN(Cc1ccc(C(=O)O)cc1)C(=O)C1CCC(=O)N1. The second-order valence-electron chi connectivity index (χ2n) is 4.86. The average Bonchev–Trinajstić information content (AvgIpc) is 2.85. The standard InChI is InChI=1S/C14H16N2O4/c1-16(13(18)11-6-7-12(17)15-11)8-9-2-4-10(5-3-9)14(19)20/h2-5,11H,6-8H2,1H3,(H,15,17)(H,19,20). The van der Waals surface area contributed by atoms with Gasteiger partial charge in [-0.3, -0.25) is 9.59 Å². The molecule has 1 fully saturated rings. The van der Waals surface area contributed by atoms with Gasteiger partial charge in [-0.2, -0.15) is 0 Å². The topological polar surface area (TPSA) is 86.7 Å². The molecule has 1 aromatic carbocycles. The van der Waals surface area contributed by atoms with E-state index in [4.69, 9.17) is 5.11 Å². The summed E-state index contributed by atoms with van der Waals surface area (Å²) in [4.78, 5) is 35.5. The van der Waals surface area contributed by atoms with Crippen LogP contribution >= 0.6 is 0 Å². The molecule has 2 N–H and O–H groups in total. The Hall–Kier alpha value is -2.37. The van der Waals surface area contributed by atoms with Gasteiger partial charge in [-0.15, -0.1) is 0 Å². The van der Waals surface area contributed by atoms with Gasteiger partial charge in [0.2, 0.25) is 11.8 Å². The Morgan fingerprint density at radius 2 is 2.00 bits per heavy atom. The molecule has 106 valence electrons. The van der Waals surface area contributed by atoms with Gasteiger partial charge in [0.1, 0.15) is 6.04 Å². The van der Waals surface area contributed by atoms with Gasteiger partial charge < -0.3 is 15.3 Å². The van der Waals surface area contributed by atoms with Crippen molar-refractivity contribution in [3.63, 3.8) is 0 Å². The summed E-state index contributed by atoms with van der Waals surface area (Å²) in [5, 5.41) is 11.4. The summed E-state index contributed by atoms with van der Waals surface area (Å²) < 4.78 is 0. The Morgan fingerprint density at radius 1 is 1.35 bits per heavy atom. The van der Waals surface area contributed by atoms with Crippen LogP contribution in [0.1, 0.15) is 28.8 Å². The molecule has 1 atom stereocenters. The molecule has 2 rings (SSSR count). The van der Waals surface area contributed by atoms with Crippen LogP contribution in [0.25, 0.3) is 0 Å². The highest BCUT2D eigenvalue weighted by atomic mass is 16.4. The van der Waals surface area contributed by atoms with E-state index in [1.807, 2.05) is 0 Å². The van der Waals surface area contributed by atoms with Crippen molar-refractivity contribution >= 4 is 17.8 Å². The highest BCUT2D eigenvalue weighted by molar-refractivity contribution is 5.90. The fourth-order valence-corrected chi connectivity index (χ4v) is 2.17. The number of carboxylic acid groups (broad SMARTS) is 1. The molecule has 0 bridgehead atoms. The predicted molar refractivity (Wildman–Crippen MR) is 71.0 cm³/mol. The van der Waals surface area contributed by atoms with Crippen molar-refractivity contribution in [3.05, 3.63) is 35.4 Å². The molecular formula is C14H16N2O4. The average molecular weight is 276 g/mol. The van der Waals surface area contributed by atoms with Crippen LogP contribution in [0.15, 0.2) is 24.3 Å². The second-order valence-corrected chi connectivity index (χ2v) is 4.86. The monoisotopic (exact) mass is 276 g/mol. The number of hydrogen-bond donors (Lipinski definition) is 2. The molecule has 0 aromatic heterocycles. The zero-order valence-corrected chi connectivity index (χ0v) is 11.1. The Balaban J connectivity index is 1.96. The Labute approximate surface area is 116 Å². The lowest BCUT2D eigenvalue weighted by Crippen LogP contribution is -2.42. The molecule has 1 aliphatic heterocycles. The molecular weight excluding hydrogens is 260 g/mol. The number of aromatic carboxylic acids is 1. The van der Waals surface area contributed by atoms with Gasteiger partial charge in [0.05, 0.1) is 5.56 Å². The van der Waals surface area contributed by atoms with E-state index < -0.39 is 12.0 Å². The van der Waals surface area contributed by atoms with E-state index in [0.29, 0.717) is 19.4 Å². The summed E-state index contributed by atoms with van der Waals surface area (Å²) in [6.07, 6.45) is 0.914. The number of likely N-dealkylation sites (N-methyl/N-ethyl adjacent to an activating group) is 1. The second kappa shape index (κ2) is 5.73. The molecule has 0 saturated carbocycles. The number of carbonyl (C=O) groups is 3. The summed E-state index contributed by atoms with van der Waals surface area (Å²) in [6, 6.07) is 5.94. The Bertz CT molecular complexity index is 539. The van der Waals surface area contributed by atoms with Gasteiger partial charge in [0, 0.05) is 20.0 Å². The zero-order valence-electron chi connectivity index (χ0n) is 11.1. The third kappa shape index (κ3) is 3.14. The van der Waals surface area contributed by atoms with E-state index >= 15 is 0 Å². The van der Waals surface area contributed by atoms with Gasteiger partial charge >= 0.3 is 5.97 Å². The predicted octanol–water partition coefficient (Wildman–Crippen LogP) is 0.622. The lowest BCUT2D eigenvalue weighted by molar-refractivity contribution is -0.133. The van der Waals surface area contributed by atoms with Crippen molar-refractivity contribution < 1.29 is 19.5 Å². The number of hydrogen-bond acceptors (Lipinski definition) is 3. The number of amides is 2. The molecule has 6 nitrogen and oxygen atoms in total. The van der Waals surface area contributed by atoms with Crippen LogP contribution in [0.4, 0.5) is 0 Å². The van der Waals surface area contributed by atoms with Crippen LogP contribution in [0, 0.1) is 0 Å². The number of benzene rings is 1. The van der Waals surface area contributed by atoms with Crippen LogP contribution in [0.2, 0.25) is 0 Å². The maximum Gasteiger partial charge on any atom is 0.335 e. The van der Waals surface area contributed by atoms with Gasteiger partial charge in [-0.25, -0.2) is 4.79 Å². The Morgan fingerprint density at radius 3 is 2.50 bits per heavy atom. The largest absolute Gasteiger partial charge is 0.478 e. The van der Waals surface area contributed by atoms with Crippen LogP contribution < -0.4 is 5.32 Å². The first-order valence-corrected chi connectivity index (χ1v) is 6.34. The minimum atomic E-state index is -0.977. The zero-order chi connectivity index (χ0) is 14.7. The highest BCUT2D eigenvalue weighted by Crippen LogP contribution is 2.12. The molecule has 1 unspecified atom stereocenters. The summed E-state index contributed by atoms with van der Waals surface area (Å²) in [6.45, 7) is 0.380. The number of carboxylic acids is 1. The van der Waals surface area contributed by atoms with Gasteiger partial charge in [0.15, 0.2) is 0 Å². The normalized spacial score (nSPS) is 17.6. The van der Waals surface area contributed by atoms with Crippen LogP contribution in [0.3, 0.4) is 0 Å². The van der Waals surface area contributed by atoms with Crippen LogP contribution in [-0.2, 0) is 16.1 Å². The fourth-order valence-electron chi connectivity index (χ4n) is 2.17. The van der Waals surface area contributed by atoms with Crippen molar-refractivity contribution in [1.29, 1.82) is 0 Å². The van der Waals surface area contributed by atoms with Crippen LogP contribution in [-0.4, -0.2) is 40.9 Å². The van der Waals surface area contributed by atoms with Crippen molar-refractivity contribution in [2.45, 2.75) is 25.4 Å². The summed E-state index contributed by atoms with van der Waals surface area (Å²) in [5.41, 5.74) is 1.06. The van der Waals surface area contributed by atoms with Crippen molar-refractivity contribution in [3.8, 4) is 0 Å².